The average molecular weight is 489 g/mol. The highest BCUT2D eigenvalue weighted by atomic mass is 16.7. The van der Waals surface area contributed by atoms with Gasteiger partial charge >= 0.3 is 5.97 Å². The number of carbonyl (C=O) groups excluding carboxylic acids is 1. The summed E-state index contributed by atoms with van der Waals surface area (Å²) < 4.78 is 11.3. The minimum Gasteiger partial charge on any atom is -0.452 e. The quantitative estimate of drug-likeness (QED) is 0.123. The van der Waals surface area contributed by atoms with Gasteiger partial charge in [0.15, 0.2) is 11.6 Å². The first kappa shape index (κ1) is 27.4. The van der Waals surface area contributed by atoms with Crippen molar-refractivity contribution in [3.63, 3.8) is 0 Å². The predicted octanol–water partition coefficient (Wildman–Crippen LogP) is 8.17. The van der Waals surface area contributed by atoms with E-state index < -0.39 is 6.29 Å². The van der Waals surface area contributed by atoms with E-state index in [-0.39, 0.29) is 5.97 Å². The van der Waals surface area contributed by atoms with Crippen molar-refractivity contribution >= 4 is 5.97 Å². The molecule has 3 rings (SSSR count). The standard InChI is InChI=1S/C31H40N2O3/c1-4-7-8-9-10-12-19-25-20-15-21-27(24-17-13-11-14-18-24)30(25)31-32-22-26(23-33-31)35-29(6-3)36-28(34)16-5-2/h11,13-15,17-18,20-23,29H,4-10,12,16,19H2,1-3H3/t29-/m1/s1. The number of unbranched alkanes of at least 4 members (excludes halogenated alkanes) is 5. The fourth-order valence-electron chi connectivity index (χ4n) is 4.28. The van der Waals surface area contributed by atoms with Crippen LogP contribution in [0.1, 0.15) is 84.1 Å². The third-order valence-electron chi connectivity index (χ3n) is 6.20. The fraction of sp³-hybridized carbons (Fsp3) is 0.452. The van der Waals surface area contributed by atoms with Gasteiger partial charge in [-0.25, -0.2) is 9.97 Å². The molecular weight excluding hydrogens is 448 g/mol. The second kappa shape index (κ2) is 15.0. The van der Waals surface area contributed by atoms with Crippen LogP contribution in [-0.4, -0.2) is 22.2 Å². The van der Waals surface area contributed by atoms with Crippen molar-refractivity contribution < 1.29 is 14.3 Å². The summed E-state index contributed by atoms with van der Waals surface area (Å²) in [5.41, 5.74) is 4.62. The minimum absolute atomic E-state index is 0.252. The zero-order valence-corrected chi connectivity index (χ0v) is 22.0. The number of rotatable bonds is 15. The lowest BCUT2D eigenvalue weighted by atomic mass is 9.92. The van der Waals surface area contributed by atoms with Crippen LogP contribution in [0.3, 0.4) is 0 Å². The lowest BCUT2D eigenvalue weighted by Gasteiger charge is -2.18. The average Bonchev–Trinajstić information content (AvgIpc) is 2.91. The van der Waals surface area contributed by atoms with Crippen molar-refractivity contribution in [2.45, 2.75) is 91.3 Å². The molecule has 0 saturated heterocycles. The molecule has 192 valence electrons. The molecule has 1 heterocycles. The first-order valence-corrected chi connectivity index (χ1v) is 13.5. The molecule has 0 radical (unpaired) electrons. The minimum atomic E-state index is -0.640. The lowest BCUT2D eigenvalue weighted by molar-refractivity contribution is -0.164. The highest BCUT2D eigenvalue weighted by Crippen LogP contribution is 2.34. The van der Waals surface area contributed by atoms with E-state index in [9.17, 15) is 4.79 Å². The van der Waals surface area contributed by atoms with Gasteiger partial charge in [0.1, 0.15) is 0 Å². The van der Waals surface area contributed by atoms with Crippen molar-refractivity contribution in [2.24, 2.45) is 0 Å². The lowest BCUT2D eigenvalue weighted by Crippen LogP contribution is -2.23. The van der Waals surface area contributed by atoms with Crippen LogP contribution in [0.4, 0.5) is 0 Å². The van der Waals surface area contributed by atoms with Gasteiger partial charge in [0.25, 0.3) is 0 Å². The fourth-order valence-corrected chi connectivity index (χ4v) is 4.28. The third-order valence-corrected chi connectivity index (χ3v) is 6.20. The SMILES string of the molecule is CCCCCCCCc1cccc(-c2ccccc2)c1-c1ncc(O[C@@H](CC)OC(=O)CCC)cn1. The van der Waals surface area contributed by atoms with Crippen LogP contribution < -0.4 is 4.74 Å². The summed E-state index contributed by atoms with van der Waals surface area (Å²) in [6.45, 7) is 6.12. The molecule has 0 N–H and O–H groups in total. The molecule has 3 aromatic rings. The Bertz CT molecular complexity index is 1050. The molecule has 0 unspecified atom stereocenters. The zero-order valence-electron chi connectivity index (χ0n) is 22.0. The summed E-state index contributed by atoms with van der Waals surface area (Å²) in [5, 5.41) is 0. The summed E-state index contributed by atoms with van der Waals surface area (Å²) in [6, 6.07) is 16.9. The van der Waals surface area contributed by atoms with Gasteiger partial charge in [0, 0.05) is 18.4 Å². The maximum absolute atomic E-state index is 11.9. The number of aromatic nitrogens is 2. The van der Waals surface area contributed by atoms with Crippen LogP contribution in [0.25, 0.3) is 22.5 Å². The first-order valence-electron chi connectivity index (χ1n) is 13.5. The van der Waals surface area contributed by atoms with E-state index in [4.69, 9.17) is 19.4 Å². The Morgan fingerprint density at radius 2 is 1.56 bits per heavy atom. The van der Waals surface area contributed by atoms with E-state index in [1.54, 1.807) is 12.4 Å². The van der Waals surface area contributed by atoms with Gasteiger partial charge in [0.2, 0.25) is 6.29 Å². The third kappa shape index (κ3) is 8.18. The molecule has 1 aromatic heterocycles. The number of nitrogens with zero attached hydrogens (tertiary/aromatic N) is 2. The van der Waals surface area contributed by atoms with Crippen molar-refractivity contribution in [3.05, 3.63) is 66.5 Å². The van der Waals surface area contributed by atoms with Gasteiger partial charge in [-0.2, -0.15) is 0 Å². The molecule has 5 nitrogen and oxygen atoms in total. The second-order valence-corrected chi connectivity index (χ2v) is 9.16. The molecule has 36 heavy (non-hydrogen) atoms. The Morgan fingerprint density at radius 3 is 2.25 bits per heavy atom. The van der Waals surface area contributed by atoms with Crippen LogP contribution >= 0.6 is 0 Å². The monoisotopic (exact) mass is 488 g/mol. The zero-order chi connectivity index (χ0) is 25.6. The summed E-state index contributed by atoms with van der Waals surface area (Å²) in [6.07, 6.45) is 12.9. The van der Waals surface area contributed by atoms with Crippen LogP contribution in [0, 0.1) is 0 Å². The van der Waals surface area contributed by atoms with Crippen LogP contribution in [0.15, 0.2) is 60.9 Å². The van der Waals surface area contributed by atoms with Gasteiger partial charge in [-0.1, -0.05) is 101 Å². The first-order chi connectivity index (χ1) is 17.7. The number of esters is 1. The van der Waals surface area contributed by atoms with Crippen LogP contribution in [-0.2, 0) is 16.0 Å². The van der Waals surface area contributed by atoms with Crippen molar-refractivity contribution in [2.75, 3.05) is 0 Å². The molecule has 0 aliphatic carbocycles. The Labute approximate surface area is 216 Å². The molecule has 0 aliphatic rings. The van der Waals surface area contributed by atoms with Crippen molar-refractivity contribution in [3.8, 4) is 28.3 Å². The molecule has 0 bridgehead atoms. The predicted molar refractivity (Wildman–Crippen MR) is 146 cm³/mol. The van der Waals surface area contributed by atoms with Gasteiger partial charge in [0.05, 0.1) is 12.4 Å². The van der Waals surface area contributed by atoms with Crippen molar-refractivity contribution in [1.82, 2.24) is 9.97 Å². The molecule has 5 heteroatoms. The summed E-state index contributed by atoms with van der Waals surface area (Å²) in [7, 11) is 0. The smallest absolute Gasteiger partial charge is 0.308 e. The van der Waals surface area contributed by atoms with Crippen LogP contribution in [0.2, 0.25) is 0 Å². The largest absolute Gasteiger partial charge is 0.452 e. The number of carbonyl (C=O) groups is 1. The summed E-state index contributed by atoms with van der Waals surface area (Å²) in [4.78, 5) is 21.3. The Kier molecular flexibility index (Phi) is 11.4. The topological polar surface area (TPSA) is 61.3 Å². The van der Waals surface area contributed by atoms with E-state index in [1.165, 1.54) is 37.7 Å². The maximum Gasteiger partial charge on any atom is 0.308 e. The van der Waals surface area contributed by atoms with E-state index in [2.05, 4.69) is 49.4 Å². The van der Waals surface area contributed by atoms with Crippen molar-refractivity contribution in [1.29, 1.82) is 0 Å². The molecule has 0 spiro atoms. The molecule has 1 atom stereocenters. The van der Waals surface area contributed by atoms with E-state index in [1.807, 2.05) is 19.9 Å². The number of hydrogen-bond donors (Lipinski definition) is 0. The second-order valence-electron chi connectivity index (χ2n) is 9.16. The molecule has 0 fully saturated rings. The maximum atomic E-state index is 11.9. The van der Waals surface area contributed by atoms with E-state index in [0.717, 1.165) is 36.0 Å². The Morgan fingerprint density at radius 1 is 0.833 bits per heavy atom. The summed E-state index contributed by atoms with van der Waals surface area (Å²) >= 11 is 0. The number of aryl methyl sites for hydroxylation is 1. The molecule has 0 amide bonds. The van der Waals surface area contributed by atoms with E-state index >= 15 is 0 Å². The molecule has 0 saturated carbocycles. The van der Waals surface area contributed by atoms with Gasteiger partial charge in [-0.15, -0.1) is 0 Å². The van der Waals surface area contributed by atoms with Gasteiger partial charge in [-0.05, 0) is 36.0 Å². The number of ether oxygens (including phenoxy) is 2. The summed E-state index contributed by atoms with van der Waals surface area (Å²) in [5.74, 6) is 0.918. The number of hydrogen-bond acceptors (Lipinski definition) is 5. The normalized spacial score (nSPS) is 11.8. The van der Waals surface area contributed by atoms with Gasteiger partial charge < -0.3 is 9.47 Å². The molecule has 0 aliphatic heterocycles. The number of benzene rings is 2. The Balaban J connectivity index is 1.82. The van der Waals surface area contributed by atoms with Gasteiger partial charge in [-0.3, -0.25) is 4.79 Å². The highest BCUT2D eigenvalue weighted by Gasteiger charge is 2.17. The highest BCUT2D eigenvalue weighted by molar-refractivity contribution is 5.83. The molecular formula is C31H40N2O3. The molecule has 2 aromatic carbocycles. The Hall–Kier alpha value is -3.21. The van der Waals surface area contributed by atoms with E-state index in [0.29, 0.717) is 24.4 Å². The van der Waals surface area contributed by atoms with Crippen LogP contribution in [0.5, 0.6) is 5.75 Å².